The number of nitrogens with zero attached hydrogens (tertiary/aromatic N) is 3. The molecule has 0 amide bonds. The van der Waals surface area contributed by atoms with Gasteiger partial charge in [-0.3, -0.25) is 0 Å². The molecule has 2 heterocycles. The van der Waals surface area contributed by atoms with E-state index in [1.165, 1.54) is 5.39 Å². The van der Waals surface area contributed by atoms with Crippen LogP contribution in [0.1, 0.15) is 0 Å². The summed E-state index contributed by atoms with van der Waals surface area (Å²) in [5.41, 5.74) is 6.70. The Morgan fingerprint density at radius 2 is 1.00 bits per heavy atom. The third-order valence-corrected chi connectivity index (χ3v) is 8.50. The van der Waals surface area contributed by atoms with Gasteiger partial charge in [-0.05, 0) is 63.0 Å². The fourth-order valence-electron chi connectivity index (χ4n) is 6.33. The average molecular weight is 576 g/mol. The summed E-state index contributed by atoms with van der Waals surface area (Å²) in [6.45, 7) is 0. The van der Waals surface area contributed by atoms with E-state index in [9.17, 15) is 0 Å². The smallest absolute Gasteiger partial charge is 0.164 e. The van der Waals surface area contributed by atoms with E-state index < -0.39 is 0 Å². The van der Waals surface area contributed by atoms with Gasteiger partial charge < -0.3 is 4.42 Å². The van der Waals surface area contributed by atoms with Crippen LogP contribution in [0, 0.1) is 0 Å². The number of furan rings is 1. The van der Waals surface area contributed by atoms with Crippen molar-refractivity contribution in [2.45, 2.75) is 0 Å². The molecule has 0 aliphatic heterocycles. The van der Waals surface area contributed by atoms with Crippen molar-refractivity contribution in [3.8, 4) is 45.3 Å². The van der Waals surface area contributed by atoms with Gasteiger partial charge in [0.1, 0.15) is 11.2 Å². The van der Waals surface area contributed by atoms with E-state index in [0.29, 0.717) is 17.5 Å². The Balaban J connectivity index is 1.35. The molecule has 0 unspecified atom stereocenters. The first kappa shape index (κ1) is 25.4. The Labute approximate surface area is 259 Å². The lowest BCUT2D eigenvalue weighted by Gasteiger charge is -2.13. The molecule has 210 valence electrons. The maximum absolute atomic E-state index is 6.24. The van der Waals surface area contributed by atoms with Crippen LogP contribution >= 0.6 is 0 Å². The van der Waals surface area contributed by atoms with Crippen LogP contribution in [-0.2, 0) is 0 Å². The molecule has 0 aliphatic rings. The molecular weight excluding hydrogens is 550 g/mol. The van der Waals surface area contributed by atoms with Crippen LogP contribution in [0.25, 0.3) is 88.8 Å². The quantitative estimate of drug-likeness (QED) is 0.209. The van der Waals surface area contributed by atoms with E-state index >= 15 is 0 Å². The average Bonchev–Trinajstić information content (AvgIpc) is 3.50. The fraction of sp³-hybridized carbons (Fsp3) is 0. The second-order valence-corrected chi connectivity index (χ2v) is 11.3. The molecule has 0 saturated heterocycles. The van der Waals surface area contributed by atoms with Gasteiger partial charge in [0, 0.05) is 27.5 Å². The SMILES string of the molecule is c1ccc(-c2cc(-c3nc(-c4ccc5ccccc5c4)nc(-c4cccc5oc6ccccc6c45)n3)c3ccccc3c2)cc1. The number of fused-ring (bicyclic) bond motifs is 5. The van der Waals surface area contributed by atoms with Crippen LogP contribution in [0.3, 0.4) is 0 Å². The first-order valence-electron chi connectivity index (χ1n) is 15.0. The van der Waals surface area contributed by atoms with Crippen molar-refractivity contribution >= 4 is 43.5 Å². The Bertz CT molecular complexity index is 2550. The molecule has 0 spiro atoms. The maximum atomic E-state index is 6.24. The van der Waals surface area contributed by atoms with Gasteiger partial charge in [-0.2, -0.15) is 0 Å². The molecule has 7 aromatic carbocycles. The number of hydrogen-bond donors (Lipinski definition) is 0. The number of hydrogen-bond acceptors (Lipinski definition) is 4. The van der Waals surface area contributed by atoms with Gasteiger partial charge in [-0.15, -0.1) is 0 Å². The van der Waals surface area contributed by atoms with Crippen molar-refractivity contribution in [2.75, 3.05) is 0 Å². The van der Waals surface area contributed by atoms with Crippen molar-refractivity contribution in [1.82, 2.24) is 15.0 Å². The van der Waals surface area contributed by atoms with Gasteiger partial charge in [0.2, 0.25) is 0 Å². The number of para-hydroxylation sites is 1. The Hall–Kier alpha value is -6.13. The Morgan fingerprint density at radius 1 is 0.356 bits per heavy atom. The number of benzene rings is 7. The first-order valence-corrected chi connectivity index (χ1v) is 15.0. The van der Waals surface area contributed by atoms with Crippen molar-refractivity contribution in [1.29, 1.82) is 0 Å². The zero-order valence-corrected chi connectivity index (χ0v) is 24.2. The molecule has 4 nitrogen and oxygen atoms in total. The molecule has 0 aliphatic carbocycles. The van der Waals surface area contributed by atoms with Gasteiger partial charge in [0.15, 0.2) is 17.5 Å². The highest BCUT2D eigenvalue weighted by Gasteiger charge is 2.19. The van der Waals surface area contributed by atoms with Crippen LogP contribution in [0.5, 0.6) is 0 Å². The van der Waals surface area contributed by atoms with E-state index in [1.807, 2.05) is 36.4 Å². The minimum atomic E-state index is 0.606. The third-order valence-electron chi connectivity index (χ3n) is 8.50. The summed E-state index contributed by atoms with van der Waals surface area (Å²) in [5.74, 6) is 1.86. The van der Waals surface area contributed by atoms with Gasteiger partial charge in [-0.25, -0.2) is 15.0 Å². The van der Waals surface area contributed by atoms with E-state index in [-0.39, 0.29) is 0 Å². The van der Waals surface area contributed by atoms with Crippen LogP contribution < -0.4 is 0 Å². The van der Waals surface area contributed by atoms with E-state index in [4.69, 9.17) is 19.4 Å². The van der Waals surface area contributed by atoms with Crippen molar-refractivity contribution in [2.24, 2.45) is 0 Å². The number of rotatable bonds is 4. The van der Waals surface area contributed by atoms with Gasteiger partial charge in [0.05, 0.1) is 0 Å². The minimum Gasteiger partial charge on any atom is -0.456 e. The molecular formula is C41H25N3O. The molecule has 0 bridgehead atoms. The third kappa shape index (κ3) is 4.35. The summed E-state index contributed by atoms with van der Waals surface area (Å²) in [6, 6.07) is 52.3. The lowest BCUT2D eigenvalue weighted by atomic mass is 9.96. The van der Waals surface area contributed by atoms with Crippen LogP contribution in [0.2, 0.25) is 0 Å². The van der Waals surface area contributed by atoms with Gasteiger partial charge in [-0.1, -0.05) is 121 Å². The van der Waals surface area contributed by atoms with Crippen LogP contribution in [0.4, 0.5) is 0 Å². The molecule has 0 fully saturated rings. The monoisotopic (exact) mass is 575 g/mol. The zero-order valence-electron chi connectivity index (χ0n) is 24.2. The topological polar surface area (TPSA) is 51.8 Å². The number of aromatic nitrogens is 3. The molecule has 9 rings (SSSR count). The highest BCUT2D eigenvalue weighted by Crippen LogP contribution is 2.38. The summed E-state index contributed by atoms with van der Waals surface area (Å²) in [4.78, 5) is 15.5. The second-order valence-electron chi connectivity index (χ2n) is 11.3. The predicted octanol–water partition coefficient (Wildman–Crippen LogP) is 10.7. The normalized spacial score (nSPS) is 11.6. The highest BCUT2D eigenvalue weighted by atomic mass is 16.3. The first-order chi connectivity index (χ1) is 22.3. The highest BCUT2D eigenvalue weighted by molar-refractivity contribution is 6.12. The fourth-order valence-corrected chi connectivity index (χ4v) is 6.33. The second kappa shape index (κ2) is 10.2. The van der Waals surface area contributed by atoms with Crippen molar-refractivity contribution in [3.63, 3.8) is 0 Å². The maximum Gasteiger partial charge on any atom is 0.164 e. The van der Waals surface area contributed by atoms with Crippen LogP contribution in [0.15, 0.2) is 156 Å². The van der Waals surface area contributed by atoms with Gasteiger partial charge >= 0.3 is 0 Å². The molecule has 4 heteroatoms. The molecule has 0 atom stereocenters. The Morgan fingerprint density at radius 3 is 1.87 bits per heavy atom. The molecule has 0 radical (unpaired) electrons. The summed E-state index contributed by atoms with van der Waals surface area (Å²) in [6.07, 6.45) is 0. The van der Waals surface area contributed by atoms with E-state index in [0.717, 1.165) is 65.9 Å². The summed E-state index contributed by atoms with van der Waals surface area (Å²) < 4.78 is 6.24. The standard InChI is InChI=1S/C41H25N3O/c1-2-11-26(12-3-1)31-24-29-15-6-7-16-32(29)35(25-31)41-43-39(30-22-21-27-13-4-5-14-28(27)23-30)42-40(44-41)34-18-10-20-37-38(34)33-17-8-9-19-36(33)45-37/h1-25H. The van der Waals surface area contributed by atoms with Gasteiger partial charge in [0.25, 0.3) is 0 Å². The molecule has 9 aromatic rings. The van der Waals surface area contributed by atoms with E-state index in [1.54, 1.807) is 0 Å². The molecule has 45 heavy (non-hydrogen) atoms. The largest absolute Gasteiger partial charge is 0.456 e. The lowest BCUT2D eigenvalue weighted by Crippen LogP contribution is -2.01. The summed E-state index contributed by atoms with van der Waals surface area (Å²) in [7, 11) is 0. The molecule has 2 aromatic heterocycles. The summed E-state index contributed by atoms with van der Waals surface area (Å²) in [5, 5.41) is 6.56. The van der Waals surface area contributed by atoms with Crippen LogP contribution in [-0.4, -0.2) is 15.0 Å². The lowest BCUT2D eigenvalue weighted by molar-refractivity contribution is 0.669. The molecule has 0 N–H and O–H groups in total. The van der Waals surface area contributed by atoms with Crippen molar-refractivity contribution in [3.05, 3.63) is 152 Å². The predicted molar refractivity (Wildman–Crippen MR) is 184 cm³/mol. The summed E-state index contributed by atoms with van der Waals surface area (Å²) >= 11 is 0. The zero-order chi connectivity index (χ0) is 29.7. The Kier molecular flexibility index (Phi) is 5.78. The minimum absolute atomic E-state index is 0.606. The molecule has 0 saturated carbocycles. The van der Waals surface area contributed by atoms with Crippen molar-refractivity contribution < 1.29 is 4.42 Å². The van der Waals surface area contributed by atoms with E-state index in [2.05, 4.69) is 115 Å².